The summed E-state index contributed by atoms with van der Waals surface area (Å²) >= 11 is 0. The van der Waals surface area contributed by atoms with Crippen LogP contribution < -0.4 is 9.46 Å². The molecule has 0 bridgehead atoms. The molecule has 154 valence electrons. The second kappa shape index (κ2) is 7.16. The minimum Gasteiger partial charge on any atom is -0.494 e. The molecule has 1 atom stereocenters. The number of sulfonamides is 1. The zero-order valence-electron chi connectivity index (χ0n) is 16.7. The van der Waals surface area contributed by atoms with Crippen molar-refractivity contribution in [2.45, 2.75) is 38.0 Å². The Labute approximate surface area is 164 Å². The molecule has 1 N–H and O–H groups in total. The molecule has 1 saturated heterocycles. The molecule has 9 nitrogen and oxygen atoms in total. The fourth-order valence-corrected chi connectivity index (χ4v) is 4.66. The van der Waals surface area contributed by atoms with Crippen molar-refractivity contribution in [2.75, 3.05) is 24.9 Å². The number of nitrogens with one attached hydrogen (secondary N) is 1. The number of rotatable bonds is 4. The van der Waals surface area contributed by atoms with Gasteiger partial charge in [0.2, 0.25) is 10.0 Å². The van der Waals surface area contributed by atoms with E-state index >= 15 is 0 Å². The number of hydrogen-bond donors (Lipinski definition) is 1. The van der Waals surface area contributed by atoms with Crippen LogP contribution in [0.2, 0.25) is 0 Å². The number of likely N-dealkylation sites (tertiary alicyclic amines) is 1. The first-order chi connectivity index (χ1) is 13.0. The van der Waals surface area contributed by atoms with Gasteiger partial charge in [-0.3, -0.25) is 9.40 Å². The molecule has 10 heteroatoms. The van der Waals surface area contributed by atoms with Gasteiger partial charge in [0.05, 0.1) is 24.1 Å². The first-order valence-electron chi connectivity index (χ1n) is 9.00. The number of fused-ring (bicyclic) bond motifs is 1. The molecule has 1 aliphatic rings. The topological polar surface area (TPSA) is 103 Å². The standard InChI is InChI=1S/C18H26N4O5S/c1-18(2,3)27-17(23)22-9-8-13(11-22)28(24,25)20-15-14(26-5)7-6-12-10-19-21(4)16(12)15/h6-7,10,13,20H,8-9,11H2,1-5H3. The van der Waals surface area contributed by atoms with Crippen LogP contribution in [0.5, 0.6) is 5.75 Å². The van der Waals surface area contributed by atoms with E-state index in [-0.39, 0.29) is 6.54 Å². The Hall–Kier alpha value is -2.49. The van der Waals surface area contributed by atoms with E-state index in [1.807, 2.05) is 6.07 Å². The van der Waals surface area contributed by atoms with Gasteiger partial charge in [0.15, 0.2) is 0 Å². The smallest absolute Gasteiger partial charge is 0.410 e. The SMILES string of the molecule is COc1ccc2cnn(C)c2c1NS(=O)(=O)C1CCN(C(=O)OC(C)(C)C)C1. The van der Waals surface area contributed by atoms with E-state index in [0.29, 0.717) is 29.9 Å². The van der Waals surface area contributed by atoms with Crippen molar-refractivity contribution in [1.82, 2.24) is 14.7 Å². The zero-order chi connectivity index (χ0) is 20.7. The molecule has 0 aliphatic carbocycles. The number of aromatic nitrogens is 2. The lowest BCUT2D eigenvalue weighted by molar-refractivity contribution is 0.0295. The number of carbonyl (C=O) groups excluding carboxylic acids is 1. The second-order valence-electron chi connectivity index (χ2n) is 7.83. The van der Waals surface area contributed by atoms with Crippen LogP contribution in [-0.2, 0) is 21.8 Å². The highest BCUT2D eigenvalue weighted by Gasteiger charge is 2.37. The van der Waals surface area contributed by atoms with Gasteiger partial charge in [-0.05, 0) is 39.3 Å². The zero-order valence-corrected chi connectivity index (χ0v) is 17.5. The minimum atomic E-state index is -3.76. The maximum Gasteiger partial charge on any atom is 0.410 e. The highest BCUT2D eigenvalue weighted by molar-refractivity contribution is 7.93. The summed E-state index contributed by atoms with van der Waals surface area (Å²) in [6.45, 7) is 5.73. The largest absolute Gasteiger partial charge is 0.494 e. The van der Waals surface area contributed by atoms with Gasteiger partial charge < -0.3 is 14.4 Å². The molecule has 0 radical (unpaired) electrons. The number of hydrogen-bond acceptors (Lipinski definition) is 6. The summed E-state index contributed by atoms with van der Waals surface area (Å²) in [7, 11) is -0.546. The summed E-state index contributed by atoms with van der Waals surface area (Å²) < 4.78 is 41.0. The Bertz CT molecular complexity index is 993. The van der Waals surface area contributed by atoms with E-state index in [9.17, 15) is 13.2 Å². The lowest BCUT2D eigenvalue weighted by atomic mass is 10.2. The molecule has 1 aromatic heterocycles. The quantitative estimate of drug-likeness (QED) is 0.830. The van der Waals surface area contributed by atoms with Crippen LogP contribution in [0.4, 0.5) is 10.5 Å². The third kappa shape index (κ3) is 4.01. The Morgan fingerprint density at radius 1 is 1.32 bits per heavy atom. The van der Waals surface area contributed by atoms with Crippen molar-refractivity contribution < 1.29 is 22.7 Å². The molecule has 0 spiro atoms. The Balaban J connectivity index is 1.83. The predicted octanol–water partition coefficient (Wildman–Crippen LogP) is 2.33. The summed E-state index contributed by atoms with van der Waals surface area (Å²) in [4.78, 5) is 13.7. The molecule has 28 heavy (non-hydrogen) atoms. The van der Waals surface area contributed by atoms with Gasteiger partial charge in [-0.15, -0.1) is 0 Å². The molecular weight excluding hydrogens is 384 g/mol. The van der Waals surface area contributed by atoms with E-state index < -0.39 is 27.0 Å². The second-order valence-corrected chi connectivity index (χ2v) is 9.79. The summed E-state index contributed by atoms with van der Waals surface area (Å²) in [5, 5.41) is 4.24. The Morgan fingerprint density at radius 3 is 2.68 bits per heavy atom. The normalized spacial score (nSPS) is 17.8. The van der Waals surface area contributed by atoms with Gasteiger partial charge >= 0.3 is 6.09 Å². The van der Waals surface area contributed by atoms with Crippen molar-refractivity contribution >= 4 is 32.7 Å². The van der Waals surface area contributed by atoms with Gasteiger partial charge in [0.25, 0.3) is 0 Å². The number of aryl methyl sites for hydroxylation is 1. The van der Waals surface area contributed by atoms with E-state index in [4.69, 9.17) is 9.47 Å². The number of amides is 1. The average molecular weight is 410 g/mol. The Kier molecular flexibility index (Phi) is 5.18. The van der Waals surface area contributed by atoms with Crippen molar-refractivity contribution in [3.63, 3.8) is 0 Å². The van der Waals surface area contributed by atoms with Crippen LogP contribution in [0.3, 0.4) is 0 Å². The molecule has 2 aromatic rings. The lowest BCUT2D eigenvalue weighted by Crippen LogP contribution is -2.37. The van der Waals surface area contributed by atoms with Crippen LogP contribution in [0.15, 0.2) is 18.3 Å². The molecule has 3 rings (SSSR count). The van der Waals surface area contributed by atoms with Crippen LogP contribution >= 0.6 is 0 Å². The number of nitrogens with zero attached hydrogens (tertiary/aromatic N) is 3. The molecule has 1 aliphatic heterocycles. The van der Waals surface area contributed by atoms with Crippen molar-refractivity contribution in [2.24, 2.45) is 7.05 Å². The van der Waals surface area contributed by atoms with Gasteiger partial charge in [-0.2, -0.15) is 5.10 Å². The van der Waals surface area contributed by atoms with Gasteiger partial charge in [-0.25, -0.2) is 13.2 Å². The molecule has 1 unspecified atom stereocenters. The molecule has 0 saturated carbocycles. The number of ether oxygens (including phenoxy) is 2. The summed E-state index contributed by atoms with van der Waals surface area (Å²) in [5.74, 6) is 0.404. The number of methoxy groups -OCH3 is 1. The van der Waals surface area contributed by atoms with Gasteiger partial charge in [-0.1, -0.05) is 0 Å². The van der Waals surface area contributed by atoms with E-state index in [1.54, 1.807) is 44.8 Å². The number of benzene rings is 1. The number of anilines is 1. The van der Waals surface area contributed by atoms with Crippen molar-refractivity contribution in [3.05, 3.63) is 18.3 Å². The van der Waals surface area contributed by atoms with Gasteiger partial charge in [0.1, 0.15) is 17.0 Å². The van der Waals surface area contributed by atoms with E-state index in [0.717, 1.165) is 5.39 Å². The monoisotopic (exact) mass is 410 g/mol. The van der Waals surface area contributed by atoms with Gasteiger partial charge in [0, 0.05) is 25.5 Å². The third-order valence-electron chi connectivity index (χ3n) is 4.56. The molecule has 1 amide bonds. The Morgan fingerprint density at radius 2 is 2.04 bits per heavy atom. The average Bonchev–Trinajstić information content (AvgIpc) is 3.21. The van der Waals surface area contributed by atoms with Crippen LogP contribution in [0.25, 0.3) is 10.9 Å². The molecule has 1 aromatic carbocycles. The maximum atomic E-state index is 13.0. The maximum absolute atomic E-state index is 13.0. The predicted molar refractivity (Wildman–Crippen MR) is 106 cm³/mol. The van der Waals surface area contributed by atoms with Crippen LogP contribution in [-0.4, -0.2) is 60.2 Å². The lowest BCUT2D eigenvalue weighted by Gasteiger charge is -2.24. The first kappa shape index (κ1) is 20.2. The van der Waals surface area contributed by atoms with Crippen LogP contribution in [0.1, 0.15) is 27.2 Å². The van der Waals surface area contributed by atoms with Crippen LogP contribution in [0, 0.1) is 0 Å². The molecule has 1 fully saturated rings. The highest BCUT2D eigenvalue weighted by Crippen LogP contribution is 2.34. The van der Waals surface area contributed by atoms with E-state index in [1.165, 1.54) is 12.0 Å². The summed E-state index contributed by atoms with van der Waals surface area (Å²) in [6, 6.07) is 3.52. The minimum absolute atomic E-state index is 0.0773. The summed E-state index contributed by atoms with van der Waals surface area (Å²) in [6.07, 6.45) is 1.49. The molecule has 2 heterocycles. The highest BCUT2D eigenvalue weighted by atomic mass is 32.2. The fraction of sp³-hybridized carbons (Fsp3) is 0.556. The number of carbonyl (C=O) groups is 1. The fourth-order valence-electron chi connectivity index (χ4n) is 3.22. The first-order valence-corrected chi connectivity index (χ1v) is 10.5. The van der Waals surface area contributed by atoms with Crippen molar-refractivity contribution in [1.29, 1.82) is 0 Å². The molecular formula is C18H26N4O5S. The third-order valence-corrected chi connectivity index (χ3v) is 6.32. The summed E-state index contributed by atoms with van der Waals surface area (Å²) in [5.41, 5.74) is 0.343. The van der Waals surface area contributed by atoms with Crippen molar-refractivity contribution in [3.8, 4) is 5.75 Å². The van der Waals surface area contributed by atoms with E-state index in [2.05, 4.69) is 9.82 Å².